The van der Waals surface area contributed by atoms with Gasteiger partial charge in [-0.2, -0.15) is 0 Å². The summed E-state index contributed by atoms with van der Waals surface area (Å²) in [5.74, 6) is -3.54. The molecule has 0 aromatic heterocycles. The molecule has 3 aliphatic heterocycles. The van der Waals surface area contributed by atoms with Crippen molar-refractivity contribution in [3.05, 3.63) is 12.7 Å². The quantitative estimate of drug-likeness (QED) is 0.599. The molecule has 4 fully saturated rings. The first-order valence-corrected chi connectivity index (χ1v) is 11.1. The Morgan fingerprint density at radius 3 is 2.60 bits per heavy atom. The summed E-state index contributed by atoms with van der Waals surface area (Å²) in [6, 6.07) is -0.828. The van der Waals surface area contributed by atoms with Crippen molar-refractivity contribution in [3.63, 3.8) is 0 Å². The topological polar surface area (TPSA) is 107 Å². The number of ether oxygens (including phenoxy) is 1. The maximum absolute atomic E-state index is 13.9. The first-order chi connectivity index (χ1) is 14.3. The Morgan fingerprint density at radius 2 is 2.00 bits per heavy atom. The molecule has 2 amide bonds. The van der Waals surface area contributed by atoms with E-state index in [1.54, 1.807) is 17.9 Å². The third kappa shape index (κ3) is 2.91. The minimum atomic E-state index is -1.14. The number of rotatable bonds is 7. The fraction of sp³-hybridized carbons (Fsp3) is 0.773. The molecule has 166 valence electrons. The Hall–Kier alpha value is -1.93. The molecule has 1 aliphatic carbocycles. The number of hydrogen-bond donors (Lipinski definition) is 2. The molecule has 8 nitrogen and oxygen atoms in total. The summed E-state index contributed by atoms with van der Waals surface area (Å²) >= 11 is 0. The van der Waals surface area contributed by atoms with Crippen molar-refractivity contribution in [2.75, 3.05) is 19.7 Å². The highest BCUT2D eigenvalue weighted by molar-refractivity contribution is 5.98. The maximum Gasteiger partial charge on any atom is 0.310 e. The Labute approximate surface area is 176 Å². The van der Waals surface area contributed by atoms with E-state index in [4.69, 9.17) is 4.74 Å². The van der Waals surface area contributed by atoms with Gasteiger partial charge in [-0.05, 0) is 32.6 Å². The predicted octanol–water partition coefficient (Wildman–Crippen LogP) is 1.18. The van der Waals surface area contributed by atoms with Crippen LogP contribution in [-0.4, -0.2) is 80.8 Å². The van der Waals surface area contributed by atoms with Crippen LogP contribution in [-0.2, 0) is 19.1 Å². The van der Waals surface area contributed by atoms with E-state index >= 15 is 0 Å². The van der Waals surface area contributed by atoms with Gasteiger partial charge in [-0.15, -0.1) is 6.58 Å². The average molecular weight is 421 g/mol. The summed E-state index contributed by atoms with van der Waals surface area (Å²) in [7, 11) is 0. The lowest BCUT2D eigenvalue weighted by atomic mass is 9.66. The lowest BCUT2D eigenvalue weighted by molar-refractivity contribution is -0.157. The van der Waals surface area contributed by atoms with Crippen LogP contribution in [0.15, 0.2) is 12.7 Å². The third-order valence-corrected chi connectivity index (χ3v) is 7.74. The largest absolute Gasteiger partial charge is 0.481 e. The smallest absolute Gasteiger partial charge is 0.310 e. The number of fused-ring (bicyclic) bond motifs is 1. The lowest BCUT2D eigenvalue weighted by Crippen LogP contribution is -2.58. The summed E-state index contributed by atoms with van der Waals surface area (Å²) in [5.41, 5.74) is -2.10. The molecule has 3 saturated heterocycles. The molecule has 2 unspecified atom stereocenters. The Morgan fingerprint density at radius 1 is 1.30 bits per heavy atom. The fourth-order valence-corrected chi connectivity index (χ4v) is 6.54. The van der Waals surface area contributed by atoms with Gasteiger partial charge in [0, 0.05) is 19.1 Å². The van der Waals surface area contributed by atoms with E-state index in [0.717, 1.165) is 32.1 Å². The number of carboxylic acid groups (broad SMARTS) is 1. The van der Waals surface area contributed by atoms with Crippen LogP contribution < -0.4 is 0 Å². The minimum Gasteiger partial charge on any atom is -0.481 e. The molecule has 4 rings (SSSR count). The van der Waals surface area contributed by atoms with Gasteiger partial charge in [-0.1, -0.05) is 25.3 Å². The van der Waals surface area contributed by atoms with Crippen LogP contribution in [0.5, 0.6) is 0 Å². The summed E-state index contributed by atoms with van der Waals surface area (Å²) in [5, 5.41) is 19.5. The third-order valence-electron chi connectivity index (χ3n) is 7.74. The van der Waals surface area contributed by atoms with Crippen molar-refractivity contribution in [1.29, 1.82) is 0 Å². The van der Waals surface area contributed by atoms with Gasteiger partial charge in [0.15, 0.2) is 0 Å². The van der Waals surface area contributed by atoms with Gasteiger partial charge in [0.25, 0.3) is 0 Å². The van der Waals surface area contributed by atoms with Crippen molar-refractivity contribution >= 4 is 17.8 Å². The molecule has 1 saturated carbocycles. The predicted molar refractivity (Wildman–Crippen MR) is 107 cm³/mol. The van der Waals surface area contributed by atoms with Crippen LogP contribution in [0.3, 0.4) is 0 Å². The van der Waals surface area contributed by atoms with Gasteiger partial charge in [0.1, 0.15) is 11.6 Å². The second kappa shape index (κ2) is 7.64. The number of β-amino-alcohol motifs (C(OH)–C–C–N with tert-alkyl or cyclic N) is 1. The molecular weight excluding hydrogens is 388 g/mol. The number of amides is 2. The number of aliphatic hydroxyl groups excluding tert-OH is 1. The average Bonchev–Trinajstić information content (AvgIpc) is 3.28. The first kappa shape index (κ1) is 21.3. The van der Waals surface area contributed by atoms with Crippen molar-refractivity contribution in [3.8, 4) is 0 Å². The summed E-state index contributed by atoms with van der Waals surface area (Å²) in [6.45, 7) is 5.63. The van der Waals surface area contributed by atoms with Crippen LogP contribution in [0.25, 0.3) is 0 Å². The molecular formula is C22H32N2O6. The van der Waals surface area contributed by atoms with E-state index in [1.165, 1.54) is 4.90 Å². The van der Waals surface area contributed by atoms with Gasteiger partial charge in [0.05, 0.1) is 24.0 Å². The Kier molecular flexibility index (Phi) is 5.43. The minimum absolute atomic E-state index is 0.00744. The van der Waals surface area contributed by atoms with Crippen LogP contribution in [0.2, 0.25) is 0 Å². The molecule has 0 aromatic rings. The summed E-state index contributed by atoms with van der Waals surface area (Å²) in [4.78, 5) is 42.6. The van der Waals surface area contributed by atoms with Crippen molar-refractivity contribution < 1.29 is 29.3 Å². The van der Waals surface area contributed by atoms with E-state index in [9.17, 15) is 24.6 Å². The number of likely N-dealkylation sites (tertiary alicyclic amines) is 1. The van der Waals surface area contributed by atoms with Gasteiger partial charge in [0.2, 0.25) is 11.8 Å². The number of aliphatic carboxylic acids is 1. The van der Waals surface area contributed by atoms with Gasteiger partial charge < -0.3 is 24.7 Å². The number of carboxylic acids is 1. The van der Waals surface area contributed by atoms with Gasteiger partial charge >= 0.3 is 5.97 Å². The number of carbonyl (C=O) groups is 3. The molecule has 0 radical (unpaired) electrons. The first-order valence-electron chi connectivity index (χ1n) is 11.1. The van der Waals surface area contributed by atoms with Gasteiger partial charge in [-0.3, -0.25) is 14.4 Å². The van der Waals surface area contributed by atoms with Gasteiger partial charge in [-0.25, -0.2) is 0 Å². The molecule has 4 aliphatic rings. The van der Waals surface area contributed by atoms with E-state index in [2.05, 4.69) is 6.58 Å². The highest BCUT2D eigenvalue weighted by atomic mass is 16.5. The van der Waals surface area contributed by atoms with Crippen molar-refractivity contribution in [2.45, 2.75) is 75.2 Å². The van der Waals surface area contributed by atoms with Crippen LogP contribution in [0.4, 0.5) is 0 Å². The highest BCUT2D eigenvalue weighted by Gasteiger charge is 2.78. The molecule has 5 atom stereocenters. The molecule has 3 heterocycles. The number of hydrogen-bond acceptors (Lipinski definition) is 5. The normalized spacial score (nSPS) is 38.0. The second-order valence-corrected chi connectivity index (χ2v) is 9.39. The van der Waals surface area contributed by atoms with Crippen LogP contribution in [0, 0.1) is 11.8 Å². The Balaban J connectivity index is 1.74. The molecule has 1 spiro atoms. The molecule has 30 heavy (non-hydrogen) atoms. The second-order valence-electron chi connectivity index (χ2n) is 9.39. The van der Waals surface area contributed by atoms with Crippen molar-refractivity contribution in [2.24, 2.45) is 11.8 Å². The summed E-state index contributed by atoms with van der Waals surface area (Å²) in [6.07, 6.45) is 7.74. The van der Waals surface area contributed by atoms with E-state index < -0.39 is 35.0 Å². The molecule has 8 heteroatoms. The maximum atomic E-state index is 13.9. The van der Waals surface area contributed by atoms with E-state index in [1.807, 2.05) is 0 Å². The van der Waals surface area contributed by atoms with Crippen LogP contribution in [0.1, 0.15) is 51.9 Å². The monoisotopic (exact) mass is 420 g/mol. The Bertz CT molecular complexity index is 750. The van der Waals surface area contributed by atoms with E-state index in [-0.39, 0.29) is 31.0 Å². The van der Waals surface area contributed by atoms with E-state index in [0.29, 0.717) is 19.4 Å². The number of nitrogens with zero attached hydrogens (tertiary/aromatic N) is 2. The lowest BCUT2D eigenvalue weighted by Gasteiger charge is -2.40. The SMILES string of the molecule is C=CCN(C(=O)C1N(CCO)C(=O)[C@@H]2[C@@H](C(=O)O)[C@@]3(C)CCC12O3)C1CCCCC1. The zero-order valence-electron chi connectivity index (χ0n) is 17.6. The number of aliphatic hydroxyl groups is 1. The molecule has 2 bridgehead atoms. The zero-order valence-corrected chi connectivity index (χ0v) is 17.6. The highest BCUT2D eigenvalue weighted by Crippen LogP contribution is 2.63. The summed E-state index contributed by atoms with van der Waals surface area (Å²) < 4.78 is 6.34. The van der Waals surface area contributed by atoms with Crippen LogP contribution >= 0.6 is 0 Å². The van der Waals surface area contributed by atoms with Crippen molar-refractivity contribution in [1.82, 2.24) is 9.80 Å². The standard InChI is InChI=1S/C22H32N2O6/c1-3-11-23(14-7-5-4-6-8-14)19(27)17-22-10-9-21(2,30-22)16(20(28)29)15(22)18(26)24(17)12-13-25/h3,14-17,25H,1,4-13H2,2H3,(H,28,29)/t15-,16-,17?,21+,22?/m0/s1. The molecule has 2 N–H and O–H groups in total. The fourth-order valence-electron chi connectivity index (χ4n) is 6.54. The zero-order chi connectivity index (χ0) is 21.7. The number of carbonyl (C=O) groups excluding carboxylic acids is 2. The molecule has 0 aromatic carbocycles.